The predicted octanol–water partition coefficient (Wildman–Crippen LogP) is 11.6. The van der Waals surface area contributed by atoms with Gasteiger partial charge in [-0.2, -0.15) is 0 Å². The molecule has 16 nitrogen and oxygen atoms in total. The van der Waals surface area contributed by atoms with Gasteiger partial charge in [0, 0.05) is 88.6 Å². The first-order valence-electron chi connectivity index (χ1n) is 34.2. The van der Waals surface area contributed by atoms with Crippen molar-refractivity contribution in [3.05, 3.63) is 0 Å². The molecule has 0 bridgehead atoms. The van der Waals surface area contributed by atoms with Crippen LogP contribution in [-0.4, -0.2) is 258 Å². The van der Waals surface area contributed by atoms with Crippen molar-refractivity contribution in [3.8, 4) is 0 Å². The maximum atomic E-state index is 6.52. The Morgan fingerprint density at radius 1 is 0.216 bits per heavy atom. The van der Waals surface area contributed by atoms with Crippen LogP contribution in [0, 0.1) is 0 Å². The van der Waals surface area contributed by atoms with Crippen molar-refractivity contribution in [2.75, 3.05) is 102 Å². The van der Waals surface area contributed by atoms with Gasteiger partial charge >= 0.3 is 51.9 Å². The van der Waals surface area contributed by atoms with Gasteiger partial charge in [-0.1, -0.05) is 131 Å². The van der Waals surface area contributed by atoms with E-state index in [0.717, 1.165) is 100 Å². The maximum Gasteiger partial charge on any atom is 0.497 e. The molecule has 0 aromatic carbocycles. The first-order chi connectivity index (χ1) is 40.0. The molecule has 0 aliphatic rings. The van der Waals surface area contributed by atoms with Crippen LogP contribution in [0.15, 0.2) is 0 Å². The fourth-order valence-corrected chi connectivity index (χ4v) is 48.9. The van der Waals surface area contributed by atoms with E-state index < -0.39 is 156 Å². The van der Waals surface area contributed by atoms with E-state index in [1.54, 1.807) is 0 Å². The highest BCUT2D eigenvalue weighted by molar-refractivity contribution is 6.82. The van der Waals surface area contributed by atoms with Gasteiger partial charge in [-0.15, -0.1) is 0 Å². The Balaban J connectivity index is -0.000000580. The van der Waals surface area contributed by atoms with Crippen molar-refractivity contribution in [2.45, 2.75) is 248 Å². The molecule has 0 aromatic heterocycles. The summed E-state index contributed by atoms with van der Waals surface area (Å²) in [6.45, 7) is 80.1. The minimum absolute atomic E-state index is 0.445. The fraction of sp³-hybridized carbons (Fsp3) is 1.00. The quantitative estimate of drug-likeness (QED) is 0.0420. The van der Waals surface area contributed by atoms with Crippen LogP contribution in [0.5, 0.6) is 0 Å². The molecule has 0 spiro atoms. The van der Waals surface area contributed by atoms with Gasteiger partial charge < -0.3 is 70.8 Å². The number of hydrogen-bond donors (Lipinski definition) is 0. The minimum atomic E-state index is -2.65. The summed E-state index contributed by atoms with van der Waals surface area (Å²) in [5.74, 6) is 0. The SMILES string of the molecule is C[SiH](C)CO[Si](C)(C)OC[SiH](C)C.C[SiH](C)CO[Si](C)(C)OC[SiH](C)C.C[SiH](C)CO[Si](C)(CCCOCCOCCC[Si](C)(OC[SiH](C)C)O[Si](C)(C)C)OC[SiH](C)C.C[SiH](C)CO[Si](C)(OCCO[Si](C)(OC[SiH](C)C)O[Si](C)(C)C)OC[SiH](C)C. The lowest BCUT2D eigenvalue weighted by atomic mass is 10.5. The van der Waals surface area contributed by atoms with Gasteiger partial charge in [-0.3, -0.25) is 0 Å². The molecule has 2 atom stereocenters. The second-order valence-corrected chi connectivity index (χ2v) is 90.7. The standard InChI is InChI=1S/C22H58O6Si6.C16H46O6Si6.2C8H24O2Si3/c1-29(2)20-25-33(10,26-21-30(3)4)18-12-14-23-16-17-24-15-13-19-34(11,27-22-31(5)6)28-32(7,8)9;1-23(2)14-19-27(10,20-15-24(3)4)17-12-13-18-28(11,21-16-25(5)6)22-26(7,8)9;2*1-11(2)7-9-13(5,6)10-8-12(3)4/h29-31H,12-22H2,1-11H3;23-25H,12-16H2,1-11H3;2*11-12H,7-8H2,1-6H3. The molecule has 88 heavy (non-hydrogen) atoms. The summed E-state index contributed by atoms with van der Waals surface area (Å²) in [6.07, 6.45) is 11.0. The lowest BCUT2D eigenvalue weighted by Gasteiger charge is -2.34. The van der Waals surface area contributed by atoms with E-state index in [4.69, 9.17) is 70.8 Å². The van der Waals surface area contributed by atoms with Crippen LogP contribution in [-0.2, 0) is 70.8 Å². The Morgan fingerprint density at radius 3 is 0.716 bits per heavy atom. The first-order valence-corrected chi connectivity index (χ1v) is 87.4. The highest BCUT2D eigenvalue weighted by atomic mass is 28.5. The summed E-state index contributed by atoms with van der Waals surface area (Å²) >= 11 is 0. The van der Waals surface area contributed by atoms with E-state index in [2.05, 4.69) is 210 Å². The Kier molecular flexibility index (Phi) is 58.0. The normalized spacial score (nSPS) is 14.6. The van der Waals surface area contributed by atoms with Crippen LogP contribution < -0.4 is 0 Å². The Bertz CT molecular complexity index is 1540. The molecule has 0 amide bonds. The van der Waals surface area contributed by atoms with Crippen LogP contribution in [0.2, 0.25) is 235 Å². The molecule has 34 heteroatoms. The highest BCUT2D eigenvalue weighted by Crippen LogP contribution is 2.23. The van der Waals surface area contributed by atoms with E-state index in [1.165, 1.54) is 0 Å². The van der Waals surface area contributed by atoms with Crippen LogP contribution in [0.25, 0.3) is 0 Å². The lowest BCUT2D eigenvalue weighted by Crippen LogP contribution is -2.52. The van der Waals surface area contributed by atoms with E-state index in [-0.39, 0.29) is 0 Å². The van der Waals surface area contributed by atoms with E-state index in [0.29, 0.717) is 26.4 Å². The summed E-state index contributed by atoms with van der Waals surface area (Å²) < 4.78 is 97.5. The van der Waals surface area contributed by atoms with Gasteiger partial charge in [-0.05, 0) is 103 Å². The predicted molar refractivity (Wildman–Crippen MR) is 431 cm³/mol. The minimum Gasteiger partial charge on any atom is -0.436 e. The molecule has 2 unspecified atom stereocenters. The zero-order valence-corrected chi connectivity index (χ0v) is 84.0. The van der Waals surface area contributed by atoms with Crippen molar-refractivity contribution in [2.24, 2.45) is 0 Å². The molecule has 536 valence electrons. The van der Waals surface area contributed by atoms with Crippen molar-refractivity contribution in [3.63, 3.8) is 0 Å². The van der Waals surface area contributed by atoms with Crippen LogP contribution in [0.1, 0.15) is 12.8 Å². The Hall–Kier alpha value is 3.26. The third-order valence-corrected chi connectivity index (χ3v) is 42.9. The average molecular weight is 1560 g/mol. The molecule has 0 saturated heterocycles. The maximum absolute atomic E-state index is 6.52. The first kappa shape index (κ1) is 97.6. The molecule has 0 radical (unpaired) electrons. The van der Waals surface area contributed by atoms with Crippen LogP contribution >= 0.6 is 0 Å². The zero-order chi connectivity index (χ0) is 69.2. The van der Waals surface area contributed by atoms with Gasteiger partial charge in [-0.25, -0.2) is 0 Å². The number of rotatable bonds is 50. The van der Waals surface area contributed by atoms with Crippen LogP contribution in [0.3, 0.4) is 0 Å². The molecule has 0 heterocycles. The molecule has 0 rings (SSSR count). The molecular weight excluding hydrogens is 1410 g/mol. The molecular formula is C54H152O16Si18. The number of ether oxygens (including phenoxy) is 2. The third-order valence-electron chi connectivity index (χ3n) is 11.3. The van der Waals surface area contributed by atoms with Crippen molar-refractivity contribution in [1.82, 2.24) is 0 Å². The number of hydrogen-bond acceptors (Lipinski definition) is 16. The van der Waals surface area contributed by atoms with Gasteiger partial charge in [0.25, 0.3) is 0 Å². The van der Waals surface area contributed by atoms with Crippen molar-refractivity contribution < 1.29 is 70.8 Å². The molecule has 0 aliphatic carbocycles. The van der Waals surface area contributed by atoms with Gasteiger partial charge in [0.05, 0.1) is 114 Å². The summed E-state index contributed by atoms with van der Waals surface area (Å²) in [4.78, 5) is 0. The van der Waals surface area contributed by atoms with E-state index >= 15 is 0 Å². The van der Waals surface area contributed by atoms with Crippen LogP contribution in [0.4, 0.5) is 0 Å². The summed E-state index contributed by atoms with van der Waals surface area (Å²) in [5, 5.41) is 0. The van der Waals surface area contributed by atoms with Gasteiger partial charge in [0.2, 0.25) is 0 Å². The molecule has 0 saturated carbocycles. The molecule has 0 aromatic rings. The Labute approximate surface area is 572 Å². The summed E-state index contributed by atoms with van der Waals surface area (Å²) in [5.41, 5.74) is 0. The molecule has 0 aliphatic heterocycles. The van der Waals surface area contributed by atoms with Gasteiger partial charge in [0.15, 0.2) is 16.6 Å². The second kappa shape index (κ2) is 52.3. The summed E-state index contributed by atoms with van der Waals surface area (Å²) in [7, 11) is -23.3. The largest absolute Gasteiger partial charge is 0.497 e. The smallest absolute Gasteiger partial charge is 0.436 e. The molecule has 0 N–H and O–H groups in total. The van der Waals surface area contributed by atoms with Gasteiger partial charge in [0.1, 0.15) is 0 Å². The van der Waals surface area contributed by atoms with Crippen molar-refractivity contribution >= 4 is 156 Å². The van der Waals surface area contributed by atoms with E-state index in [9.17, 15) is 0 Å². The summed E-state index contributed by atoms with van der Waals surface area (Å²) in [6, 6.07) is 2.01. The molecule has 0 fully saturated rings. The highest BCUT2D eigenvalue weighted by Gasteiger charge is 2.42. The fourth-order valence-electron chi connectivity index (χ4n) is 7.07. The van der Waals surface area contributed by atoms with E-state index in [1.807, 2.05) is 13.1 Å². The second-order valence-electron chi connectivity index (χ2n) is 31.4. The zero-order valence-electron chi connectivity index (χ0n) is 64.4. The topological polar surface area (TPSA) is 148 Å². The lowest BCUT2D eigenvalue weighted by molar-refractivity contribution is 0.0469. The third kappa shape index (κ3) is 70.6. The van der Waals surface area contributed by atoms with Crippen molar-refractivity contribution in [1.29, 1.82) is 0 Å². The monoisotopic (exact) mass is 1560 g/mol. The Morgan fingerprint density at radius 2 is 0.443 bits per heavy atom. The average Bonchev–Trinajstić information content (AvgIpc) is 3.37.